The minimum Gasteiger partial charge on any atom is -0.354 e. The zero-order valence-corrected chi connectivity index (χ0v) is 19.4. The van der Waals surface area contributed by atoms with E-state index in [0.717, 1.165) is 6.07 Å². The van der Waals surface area contributed by atoms with E-state index in [1.165, 1.54) is 29.7 Å². The van der Waals surface area contributed by atoms with Crippen molar-refractivity contribution in [1.82, 2.24) is 4.57 Å². The fraction of sp³-hybridized carbons (Fsp3) is 0.0800. The number of nitrogens with zero attached hydrogens (tertiary/aromatic N) is 1. The highest BCUT2D eigenvalue weighted by Gasteiger charge is 2.29. The maximum atomic E-state index is 13.6. The number of rotatable bonds is 4. The number of fused-ring (bicyclic) bond motifs is 2. The van der Waals surface area contributed by atoms with Crippen LogP contribution in [-0.2, 0) is 22.0 Å². The second-order valence-electron chi connectivity index (χ2n) is 8.20. The van der Waals surface area contributed by atoms with Gasteiger partial charge in [-0.05, 0) is 41.5 Å². The van der Waals surface area contributed by atoms with Crippen LogP contribution in [0.5, 0.6) is 0 Å². The Hall–Kier alpha value is -4.28. The molecular formula is C25H19N3O6S. The van der Waals surface area contributed by atoms with Gasteiger partial charge in [-0.1, -0.05) is 24.3 Å². The highest BCUT2D eigenvalue weighted by Crippen LogP contribution is 2.42. The number of benzene rings is 3. The number of hydrogen-bond acceptors (Lipinski definition) is 6. The van der Waals surface area contributed by atoms with Crippen molar-refractivity contribution in [1.29, 1.82) is 0 Å². The maximum Gasteiger partial charge on any atom is 0.296 e. The van der Waals surface area contributed by atoms with Gasteiger partial charge in [0.25, 0.3) is 15.7 Å². The molecule has 1 aromatic heterocycles. The molecule has 176 valence electrons. The average Bonchev–Trinajstić information content (AvgIpc) is 2.79. The lowest BCUT2D eigenvalue weighted by Crippen LogP contribution is -2.21. The van der Waals surface area contributed by atoms with Crippen molar-refractivity contribution in [2.45, 2.75) is 11.8 Å². The van der Waals surface area contributed by atoms with Crippen LogP contribution in [0.2, 0.25) is 0 Å². The summed E-state index contributed by atoms with van der Waals surface area (Å²) < 4.78 is 35.3. The van der Waals surface area contributed by atoms with E-state index in [1.54, 1.807) is 43.4 Å². The van der Waals surface area contributed by atoms with Crippen molar-refractivity contribution in [3.63, 3.8) is 0 Å². The summed E-state index contributed by atoms with van der Waals surface area (Å²) in [6.07, 6.45) is 0. The Morgan fingerprint density at radius 3 is 2.31 bits per heavy atom. The summed E-state index contributed by atoms with van der Waals surface area (Å²) in [4.78, 5) is 37.3. The normalized spacial score (nSPS) is 12.4. The van der Waals surface area contributed by atoms with Crippen LogP contribution in [0.4, 0.5) is 17.1 Å². The first-order valence-electron chi connectivity index (χ1n) is 10.5. The second-order valence-corrected chi connectivity index (χ2v) is 9.59. The number of carbonyl (C=O) groups excluding carboxylic acids is 2. The lowest BCUT2D eigenvalue weighted by atomic mass is 9.83. The third kappa shape index (κ3) is 3.69. The number of anilines is 3. The molecule has 0 saturated heterocycles. The summed E-state index contributed by atoms with van der Waals surface area (Å²) in [5.74, 6) is -0.667. The molecule has 0 saturated carbocycles. The summed E-state index contributed by atoms with van der Waals surface area (Å²) in [5.41, 5.74) is 2.74. The van der Waals surface area contributed by atoms with Gasteiger partial charge in [0.1, 0.15) is 4.90 Å². The molecule has 35 heavy (non-hydrogen) atoms. The molecule has 1 heterocycles. The van der Waals surface area contributed by atoms with E-state index < -0.39 is 15.0 Å². The molecule has 1 aliphatic rings. The number of nitrogens with one attached hydrogen (secondary N) is 2. The van der Waals surface area contributed by atoms with Crippen LogP contribution in [0, 0.1) is 0 Å². The molecule has 1 aliphatic carbocycles. The van der Waals surface area contributed by atoms with Crippen molar-refractivity contribution < 1.29 is 22.6 Å². The summed E-state index contributed by atoms with van der Waals surface area (Å²) >= 11 is 0. The van der Waals surface area contributed by atoms with E-state index in [4.69, 9.17) is 0 Å². The van der Waals surface area contributed by atoms with Crippen LogP contribution in [0.25, 0.3) is 22.0 Å². The van der Waals surface area contributed by atoms with Crippen LogP contribution in [0.1, 0.15) is 22.8 Å². The molecule has 3 aromatic carbocycles. The molecule has 0 radical (unpaired) electrons. The summed E-state index contributed by atoms with van der Waals surface area (Å²) in [5, 5.41) is 6.07. The van der Waals surface area contributed by atoms with E-state index in [-0.39, 0.29) is 34.2 Å². The lowest BCUT2D eigenvalue weighted by molar-refractivity contribution is -0.114. The van der Waals surface area contributed by atoms with Crippen LogP contribution < -0.4 is 16.2 Å². The van der Waals surface area contributed by atoms with Gasteiger partial charge in [-0.3, -0.25) is 18.9 Å². The van der Waals surface area contributed by atoms with Crippen molar-refractivity contribution in [2.24, 2.45) is 7.05 Å². The highest BCUT2D eigenvalue weighted by atomic mass is 32.2. The minimum absolute atomic E-state index is 0.0348. The number of aryl methyl sites for hydroxylation is 1. The molecule has 1 amide bonds. The monoisotopic (exact) mass is 489 g/mol. The zero-order chi connectivity index (χ0) is 25.1. The van der Waals surface area contributed by atoms with Crippen molar-refractivity contribution in [2.75, 3.05) is 10.6 Å². The molecule has 0 aliphatic heterocycles. The summed E-state index contributed by atoms with van der Waals surface area (Å²) in [7, 11) is -3.03. The van der Waals surface area contributed by atoms with Gasteiger partial charge in [-0.15, -0.1) is 0 Å². The topological polar surface area (TPSA) is 135 Å². The second kappa shape index (κ2) is 7.90. The predicted octanol–water partition coefficient (Wildman–Crippen LogP) is 3.70. The molecule has 0 spiro atoms. The highest BCUT2D eigenvalue weighted by molar-refractivity contribution is 7.86. The number of aromatic nitrogens is 1. The first kappa shape index (κ1) is 22.5. The molecular weight excluding hydrogens is 470 g/mol. The number of carbonyl (C=O) groups is 2. The Kier molecular flexibility index (Phi) is 5.08. The third-order valence-corrected chi connectivity index (χ3v) is 6.86. The Balaban J connectivity index is 1.79. The number of ketones is 1. The van der Waals surface area contributed by atoms with Gasteiger partial charge in [-0.25, -0.2) is 0 Å². The summed E-state index contributed by atoms with van der Waals surface area (Å²) in [6.45, 7) is 1.30. The van der Waals surface area contributed by atoms with E-state index in [2.05, 4.69) is 10.6 Å². The van der Waals surface area contributed by atoms with Gasteiger partial charge in [0, 0.05) is 36.7 Å². The van der Waals surface area contributed by atoms with Crippen LogP contribution >= 0.6 is 0 Å². The molecule has 0 bridgehead atoms. The van der Waals surface area contributed by atoms with Crippen LogP contribution in [0.3, 0.4) is 0 Å². The maximum absolute atomic E-state index is 13.6. The van der Waals surface area contributed by atoms with Crippen molar-refractivity contribution in [3.8, 4) is 11.1 Å². The van der Waals surface area contributed by atoms with Gasteiger partial charge in [0.2, 0.25) is 5.91 Å². The number of amides is 1. The minimum atomic E-state index is -4.64. The van der Waals surface area contributed by atoms with E-state index in [9.17, 15) is 27.4 Å². The fourth-order valence-electron chi connectivity index (χ4n) is 4.44. The Morgan fingerprint density at radius 2 is 1.63 bits per heavy atom. The Bertz CT molecular complexity index is 1760. The van der Waals surface area contributed by atoms with Gasteiger partial charge in [-0.2, -0.15) is 8.42 Å². The van der Waals surface area contributed by atoms with Gasteiger partial charge in [0.15, 0.2) is 5.78 Å². The standard InChI is InChI=1S/C25H19N3O6S/c1-13(29)26-14-7-10-21(35(32,33)34)19(11-14)27-18-8-9-20-23-17(12-22(30)28(20)2)15-5-3-4-6-16(15)25(31)24(18)23/h3-12,27H,1-2H3,(H,26,29)(H,32,33,34). The van der Waals surface area contributed by atoms with E-state index in [1.807, 2.05) is 0 Å². The summed E-state index contributed by atoms with van der Waals surface area (Å²) in [6, 6.07) is 15.5. The van der Waals surface area contributed by atoms with Gasteiger partial charge < -0.3 is 15.2 Å². The van der Waals surface area contributed by atoms with Gasteiger partial charge >= 0.3 is 0 Å². The Labute approximate surface area is 199 Å². The molecule has 5 rings (SSSR count). The smallest absolute Gasteiger partial charge is 0.296 e. The first-order valence-corrected chi connectivity index (χ1v) is 12.0. The molecule has 0 atom stereocenters. The molecule has 10 heteroatoms. The molecule has 0 fully saturated rings. The molecule has 3 N–H and O–H groups in total. The SMILES string of the molecule is CC(=O)Nc1ccc(S(=O)(=O)O)c(Nc2ccc3c4c(cc(=O)n3C)-c3ccccc3C(=O)c24)c1. The fourth-order valence-corrected chi connectivity index (χ4v) is 5.06. The van der Waals surface area contributed by atoms with E-state index >= 15 is 0 Å². The zero-order valence-electron chi connectivity index (χ0n) is 18.6. The molecule has 9 nitrogen and oxygen atoms in total. The Morgan fingerprint density at radius 1 is 0.914 bits per heavy atom. The lowest BCUT2D eigenvalue weighted by Gasteiger charge is -2.24. The first-order chi connectivity index (χ1) is 16.6. The van der Waals surface area contributed by atoms with Crippen molar-refractivity contribution in [3.05, 3.63) is 82.1 Å². The molecule has 4 aromatic rings. The molecule has 0 unspecified atom stereocenters. The predicted molar refractivity (Wildman–Crippen MR) is 132 cm³/mol. The third-order valence-electron chi connectivity index (χ3n) is 5.95. The van der Waals surface area contributed by atoms with Crippen molar-refractivity contribution >= 4 is 49.8 Å². The van der Waals surface area contributed by atoms with E-state index in [0.29, 0.717) is 33.3 Å². The van der Waals surface area contributed by atoms with Crippen LogP contribution in [-0.4, -0.2) is 29.2 Å². The van der Waals surface area contributed by atoms with Crippen LogP contribution in [0.15, 0.2) is 70.4 Å². The number of pyridine rings is 1. The average molecular weight is 490 g/mol. The number of hydrogen-bond donors (Lipinski definition) is 3. The quantitative estimate of drug-likeness (QED) is 0.328. The largest absolute Gasteiger partial charge is 0.354 e. The van der Waals surface area contributed by atoms with Gasteiger partial charge in [0.05, 0.1) is 22.5 Å².